The van der Waals surface area contributed by atoms with Gasteiger partial charge in [0.25, 0.3) is 0 Å². The summed E-state index contributed by atoms with van der Waals surface area (Å²) in [6.45, 7) is 10.3. The molecule has 2 aromatic rings. The number of aryl methyl sites for hydroxylation is 1. The van der Waals surface area contributed by atoms with Crippen LogP contribution in [0.4, 0.5) is 0 Å². The molecule has 0 aromatic carbocycles. The van der Waals surface area contributed by atoms with Gasteiger partial charge < -0.3 is 4.40 Å². The predicted molar refractivity (Wildman–Crippen MR) is 70.2 cm³/mol. The second kappa shape index (κ2) is 4.70. The van der Waals surface area contributed by atoms with Crippen LogP contribution in [-0.4, -0.2) is 14.4 Å². The lowest BCUT2D eigenvalue weighted by Gasteiger charge is -2.13. The molecule has 0 amide bonds. The lowest BCUT2D eigenvalue weighted by molar-refractivity contribution is 0.612. The summed E-state index contributed by atoms with van der Waals surface area (Å²) >= 11 is 0. The van der Waals surface area contributed by atoms with Crippen LogP contribution in [0, 0.1) is 6.92 Å². The van der Waals surface area contributed by atoms with Crippen molar-refractivity contribution < 1.29 is 0 Å². The molecule has 3 heteroatoms. The molecule has 0 saturated carbocycles. The van der Waals surface area contributed by atoms with Gasteiger partial charge in [-0.15, -0.1) is 6.58 Å². The predicted octanol–water partition coefficient (Wildman–Crippen LogP) is 3.50. The molecule has 0 bridgehead atoms. The Kier molecular flexibility index (Phi) is 3.27. The van der Waals surface area contributed by atoms with Gasteiger partial charge >= 0.3 is 0 Å². The summed E-state index contributed by atoms with van der Waals surface area (Å²) in [7, 11) is 0. The Morgan fingerprint density at radius 1 is 1.47 bits per heavy atom. The van der Waals surface area contributed by atoms with Crippen LogP contribution >= 0.6 is 0 Å². The molecule has 0 aliphatic carbocycles. The van der Waals surface area contributed by atoms with Crippen molar-refractivity contribution in [3.63, 3.8) is 0 Å². The van der Waals surface area contributed by atoms with E-state index in [1.165, 1.54) is 5.57 Å². The Morgan fingerprint density at radius 3 is 2.88 bits per heavy atom. The van der Waals surface area contributed by atoms with Gasteiger partial charge in [0, 0.05) is 18.3 Å². The van der Waals surface area contributed by atoms with Gasteiger partial charge in [-0.05, 0) is 26.7 Å². The highest BCUT2D eigenvalue weighted by molar-refractivity contribution is 5.50. The zero-order valence-corrected chi connectivity index (χ0v) is 10.8. The van der Waals surface area contributed by atoms with E-state index in [9.17, 15) is 0 Å². The van der Waals surface area contributed by atoms with Gasteiger partial charge in [0.2, 0.25) is 0 Å². The van der Waals surface area contributed by atoms with E-state index in [0.29, 0.717) is 5.92 Å². The lowest BCUT2D eigenvalue weighted by atomic mass is 9.97. The number of hydrogen-bond acceptors (Lipinski definition) is 2. The highest BCUT2D eigenvalue weighted by Gasteiger charge is 2.15. The summed E-state index contributed by atoms with van der Waals surface area (Å²) in [6.07, 6.45) is 7.82. The van der Waals surface area contributed by atoms with Gasteiger partial charge in [-0.1, -0.05) is 12.5 Å². The van der Waals surface area contributed by atoms with E-state index in [2.05, 4.69) is 34.8 Å². The third-order valence-electron chi connectivity index (χ3n) is 3.13. The van der Waals surface area contributed by atoms with E-state index >= 15 is 0 Å². The number of imidazole rings is 1. The molecular weight excluding hydrogens is 210 g/mol. The van der Waals surface area contributed by atoms with Crippen molar-refractivity contribution in [3.8, 4) is 0 Å². The van der Waals surface area contributed by atoms with Crippen molar-refractivity contribution in [2.24, 2.45) is 0 Å². The molecule has 2 heterocycles. The number of aromatic nitrogens is 3. The highest BCUT2D eigenvalue weighted by atomic mass is 15.0. The first-order valence-electron chi connectivity index (χ1n) is 6.06. The van der Waals surface area contributed by atoms with Crippen LogP contribution in [0.25, 0.3) is 5.52 Å². The summed E-state index contributed by atoms with van der Waals surface area (Å²) in [6, 6.07) is 0. The normalized spacial score (nSPS) is 12.9. The molecule has 17 heavy (non-hydrogen) atoms. The van der Waals surface area contributed by atoms with Crippen LogP contribution in [0.2, 0.25) is 0 Å². The largest absolute Gasteiger partial charge is 0.300 e. The number of nitrogens with zero attached hydrogens (tertiary/aromatic N) is 3. The zero-order valence-electron chi connectivity index (χ0n) is 10.8. The fraction of sp³-hybridized carbons (Fsp3) is 0.429. The summed E-state index contributed by atoms with van der Waals surface area (Å²) in [5, 5.41) is 0. The monoisotopic (exact) mass is 229 g/mol. The molecule has 0 N–H and O–H groups in total. The van der Waals surface area contributed by atoms with Crippen molar-refractivity contribution in [2.75, 3.05) is 0 Å². The topological polar surface area (TPSA) is 30.2 Å². The van der Waals surface area contributed by atoms with Gasteiger partial charge in [0.05, 0.1) is 17.4 Å². The first kappa shape index (κ1) is 11.8. The van der Waals surface area contributed by atoms with Crippen LogP contribution < -0.4 is 0 Å². The second-order valence-corrected chi connectivity index (χ2v) is 4.65. The van der Waals surface area contributed by atoms with Crippen LogP contribution in [0.15, 0.2) is 30.7 Å². The van der Waals surface area contributed by atoms with E-state index in [0.717, 1.165) is 29.9 Å². The summed E-state index contributed by atoms with van der Waals surface area (Å²) < 4.78 is 2.15. The van der Waals surface area contributed by atoms with E-state index in [1.54, 1.807) is 0 Å². The number of allylic oxidation sites excluding steroid dienone is 1. The van der Waals surface area contributed by atoms with Crippen LogP contribution in [0.5, 0.6) is 0 Å². The quantitative estimate of drug-likeness (QED) is 0.751. The minimum absolute atomic E-state index is 0.441. The highest BCUT2D eigenvalue weighted by Crippen LogP contribution is 2.26. The van der Waals surface area contributed by atoms with Crippen molar-refractivity contribution in [1.82, 2.24) is 14.4 Å². The van der Waals surface area contributed by atoms with Crippen molar-refractivity contribution in [3.05, 3.63) is 42.3 Å². The molecule has 2 rings (SSSR count). The molecule has 0 radical (unpaired) electrons. The molecule has 1 atom stereocenters. The Bertz CT molecular complexity index is 539. The number of rotatable bonds is 4. The lowest BCUT2D eigenvalue weighted by Crippen LogP contribution is -2.04. The third kappa shape index (κ3) is 2.23. The Labute approximate surface area is 102 Å². The molecule has 2 aromatic heterocycles. The minimum atomic E-state index is 0.441. The van der Waals surface area contributed by atoms with E-state index < -0.39 is 0 Å². The zero-order chi connectivity index (χ0) is 12.4. The molecule has 0 spiro atoms. The van der Waals surface area contributed by atoms with Gasteiger partial charge in [0.1, 0.15) is 5.82 Å². The van der Waals surface area contributed by atoms with Crippen LogP contribution in [0.1, 0.15) is 44.1 Å². The molecule has 0 saturated heterocycles. The van der Waals surface area contributed by atoms with Crippen molar-refractivity contribution in [2.45, 2.75) is 39.5 Å². The molecule has 90 valence electrons. The average molecular weight is 229 g/mol. The number of hydrogen-bond donors (Lipinski definition) is 0. The van der Waals surface area contributed by atoms with E-state index in [4.69, 9.17) is 0 Å². The van der Waals surface area contributed by atoms with E-state index in [-0.39, 0.29) is 0 Å². The van der Waals surface area contributed by atoms with Crippen LogP contribution in [-0.2, 0) is 0 Å². The molecule has 0 aliphatic rings. The molecule has 1 unspecified atom stereocenters. The Balaban J connectivity index is 2.47. The Morgan fingerprint density at radius 2 is 2.24 bits per heavy atom. The summed E-state index contributed by atoms with van der Waals surface area (Å²) in [4.78, 5) is 8.85. The first-order chi connectivity index (χ1) is 8.13. The van der Waals surface area contributed by atoms with Crippen molar-refractivity contribution >= 4 is 5.52 Å². The van der Waals surface area contributed by atoms with Gasteiger partial charge in [-0.2, -0.15) is 0 Å². The fourth-order valence-corrected chi connectivity index (χ4v) is 2.22. The molecule has 0 aliphatic heterocycles. The SMILES string of the molecule is C=C(C)CC(CC)c1ncc2c(C)nccn12. The minimum Gasteiger partial charge on any atom is -0.300 e. The second-order valence-electron chi connectivity index (χ2n) is 4.65. The first-order valence-corrected chi connectivity index (χ1v) is 6.06. The average Bonchev–Trinajstić information content (AvgIpc) is 2.71. The summed E-state index contributed by atoms with van der Waals surface area (Å²) in [5.74, 6) is 1.56. The number of fused-ring (bicyclic) bond motifs is 1. The van der Waals surface area contributed by atoms with E-state index in [1.807, 2.05) is 25.5 Å². The molecule has 3 nitrogen and oxygen atoms in total. The van der Waals surface area contributed by atoms with Crippen LogP contribution in [0.3, 0.4) is 0 Å². The standard InChI is InChI=1S/C14H19N3/c1-5-12(8-10(2)3)14-16-9-13-11(4)15-6-7-17(13)14/h6-7,9,12H,2,5,8H2,1,3-4H3. The van der Waals surface area contributed by atoms with Gasteiger partial charge in [0.15, 0.2) is 0 Å². The Hall–Kier alpha value is -1.64. The van der Waals surface area contributed by atoms with Gasteiger partial charge in [-0.3, -0.25) is 4.98 Å². The smallest absolute Gasteiger partial charge is 0.116 e. The maximum Gasteiger partial charge on any atom is 0.116 e. The van der Waals surface area contributed by atoms with Gasteiger partial charge in [-0.25, -0.2) is 4.98 Å². The maximum absolute atomic E-state index is 4.56. The molecular formula is C14H19N3. The van der Waals surface area contributed by atoms with Crippen molar-refractivity contribution in [1.29, 1.82) is 0 Å². The fourth-order valence-electron chi connectivity index (χ4n) is 2.22. The maximum atomic E-state index is 4.56. The molecule has 0 fully saturated rings. The summed E-state index contributed by atoms with van der Waals surface area (Å²) in [5.41, 5.74) is 3.33. The third-order valence-corrected chi connectivity index (χ3v) is 3.13.